The standard InChI is InChI=1S/C12H35NO3Si4/c1-18(2,3)14-12(10-11-17)13(15-19(4,5)6)16-20(7,8)9/h12H,10-11H2,1-9,17H3. The molecule has 4 nitrogen and oxygen atoms in total. The van der Waals surface area contributed by atoms with Gasteiger partial charge in [0.1, 0.15) is 6.23 Å². The van der Waals surface area contributed by atoms with Crippen LogP contribution < -0.4 is 0 Å². The van der Waals surface area contributed by atoms with E-state index in [1.54, 1.807) is 5.23 Å². The highest BCUT2D eigenvalue weighted by Crippen LogP contribution is 2.22. The van der Waals surface area contributed by atoms with Crippen molar-refractivity contribution in [2.24, 2.45) is 0 Å². The van der Waals surface area contributed by atoms with Crippen molar-refractivity contribution in [3.8, 4) is 0 Å². The molecule has 0 aliphatic heterocycles. The second kappa shape index (κ2) is 7.82. The van der Waals surface area contributed by atoms with Crippen molar-refractivity contribution in [2.75, 3.05) is 0 Å². The minimum absolute atomic E-state index is 0.0578. The van der Waals surface area contributed by atoms with Gasteiger partial charge in [0, 0.05) is 10.2 Å². The van der Waals surface area contributed by atoms with Gasteiger partial charge in [-0.2, -0.15) is 0 Å². The zero-order valence-corrected chi connectivity index (χ0v) is 20.2. The fourth-order valence-corrected chi connectivity index (χ4v) is 4.52. The van der Waals surface area contributed by atoms with E-state index in [1.807, 2.05) is 0 Å². The van der Waals surface area contributed by atoms with E-state index in [-0.39, 0.29) is 6.23 Å². The van der Waals surface area contributed by atoms with Crippen LogP contribution in [0.15, 0.2) is 0 Å². The van der Waals surface area contributed by atoms with E-state index < -0.39 is 25.0 Å². The summed E-state index contributed by atoms with van der Waals surface area (Å²) in [5, 5.41) is 1.73. The quantitative estimate of drug-likeness (QED) is 0.362. The first kappa shape index (κ1) is 20.7. The van der Waals surface area contributed by atoms with Crippen LogP contribution in [0.25, 0.3) is 0 Å². The molecule has 0 aliphatic rings. The summed E-state index contributed by atoms with van der Waals surface area (Å²) in [7, 11) is -3.88. The van der Waals surface area contributed by atoms with Crippen molar-refractivity contribution in [2.45, 2.75) is 77.6 Å². The number of hydroxylamine groups is 2. The van der Waals surface area contributed by atoms with Crippen LogP contribution in [0.4, 0.5) is 0 Å². The van der Waals surface area contributed by atoms with Gasteiger partial charge in [0.15, 0.2) is 8.32 Å². The third-order valence-electron chi connectivity index (χ3n) is 1.99. The lowest BCUT2D eigenvalue weighted by Gasteiger charge is -2.40. The molecule has 0 aromatic rings. The average molecular weight is 354 g/mol. The Morgan fingerprint density at radius 2 is 1.20 bits per heavy atom. The summed E-state index contributed by atoms with van der Waals surface area (Å²) < 4.78 is 18.7. The van der Waals surface area contributed by atoms with Crippen LogP contribution >= 0.6 is 0 Å². The molecule has 0 spiro atoms. The van der Waals surface area contributed by atoms with Gasteiger partial charge in [0.2, 0.25) is 16.6 Å². The molecule has 122 valence electrons. The third-order valence-corrected chi connectivity index (χ3v) is 5.00. The first-order valence-electron chi connectivity index (χ1n) is 7.59. The van der Waals surface area contributed by atoms with Gasteiger partial charge in [-0.05, 0) is 65.3 Å². The third kappa shape index (κ3) is 11.4. The summed E-state index contributed by atoms with van der Waals surface area (Å²) >= 11 is 0. The van der Waals surface area contributed by atoms with E-state index in [2.05, 4.69) is 58.9 Å². The van der Waals surface area contributed by atoms with Crippen LogP contribution in [-0.4, -0.2) is 46.6 Å². The van der Waals surface area contributed by atoms with Crippen LogP contribution in [0, 0.1) is 0 Å². The van der Waals surface area contributed by atoms with Crippen LogP contribution in [0.3, 0.4) is 0 Å². The SMILES string of the molecule is C[Si](C)(C)OC(CC[SiH3])N(O[Si](C)(C)C)O[Si](C)(C)C. The Morgan fingerprint density at radius 1 is 0.800 bits per heavy atom. The minimum Gasteiger partial charge on any atom is -0.398 e. The van der Waals surface area contributed by atoms with Gasteiger partial charge < -0.3 is 13.5 Å². The van der Waals surface area contributed by atoms with Gasteiger partial charge in [-0.1, -0.05) is 11.3 Å². The largest absolute Gasteiger partial charge is 0.398 e. The predicted molar refractivity (Wildman–Crippen MR) is 98.3 cm³/mol. The summed E-state index contributed by atoms with van der Waals surface area (Å²) in [4.78, 5) is 0. The molecule has 0 rings (SSSR count). The minimum atomic E-state index is -1.72. The molecule has 0 amide bonds. The number of rotatable bonds is 9. The van der Waals surface area contributed by atoms with Crippen molar-refractivity contribution in [1.82, 2.24) is 5.23 Å². The Balaban J connectivity index is 5.08. The van der Waals surface area contributed by atoms with Gasteiger partial charge in [-0.15, -0.1) is 0 Å². The highest BCUT2D eigenvalue weighted by molar-refractivity contribution is 6.70. The molecule has 0 radical (unpaired) electrons. The predicted octanol–water partition coefficient (Wildman–Crippen LogP) is 3.17. The molecule has 1 unspecified atom stereocenters. The Kier molecular flexibility index (Phi) is 8.09. The van der Waals surface area contributed by atoms with Gasteiger partial charge in [-0.3, -0.25) is 0 Å². The molecule has 0 heterocycles. The molecular formula is C12H35NO3Si4. The lowest BCUT2D eigenvalue weighted by molar-refractivity contribution is -0.334. The summed E-state index contributed by atoms with van der Waals surface area (Å²) in [5.41, 5.74) is 0. The van der Waals surface area contributed by atoms with E-state index in [4.69, 9.17) is 13.5 Å². The van der Waals surface area contributed by atoms with Gasteiger partial charge in [-0.25, -0.2) is 0 Å². The zero-order chi connectivity index (χ0) is 16.2. The van der Waals surface area contributed by atoms with Crippen LogP contribution in [0.5, 0.6) is 0 Å². The van der Waals surface area contributed by atoms with Crippen molar-refractivity contribution in [3.63, 3.8) is 0 Å². The lowest BCUT2D eigenvalue weighted by atomic mass is 10.4. The smallest absolute Gasteiger partial charge is 0.215 e. The monoisotopic (exact) mass is 353 g/mol. The van der Waals surface area contributed by atoms with E-state index >= 15 is 0 Å². The molecule has 0 N–H and O–H groups in total. The number of nitrogens with zero attached hydrogens (tertiary/aromatic N) is 1. The molecule has 0 aromatic carbocycles. The van der Waals surface area contributed by atoms with Crippen molar-refractivity contribution in [1.29, 1.82) is 0 Å². The van der Waals surface area contributed by atoms with Crippen LogP contribution in [-0.2, 0) is 13.5 Å². The number of hydrogen-bond acceptors (Lipinski definition) is 4. The first-order chi connectivity index (χ1) is 8.73. The van der Waals surface area contributed by atoms with Crippen LogP contribution in [0.2, 0.25) is 65.0 Å². The average Bonchev–Trinajstić information content (AvgIpc) is 2.09. The van der Waals surface area contributed by atoms with Crippen molar-refractivity contribution >= 4 is 35.2 Å². The molecule has 0 aliphatic carbocycles. The molecule has 20 heavy (non-hydrogen) atoms. The Labute approximate surface area is 131 Å². The Bertz CT molecular complexity index is 268. The highest BCUT2D eigenvalue weighted by Gasteiger charge is 2.34. The van der Waals surface area contributed by atoms with Gasteiger partial charge in [0.05, 0.1) is 0 Å². The zero-order valence-electron chi connectivity index (χ0n) is 15.2. The maximum Gasteiger partial charge on any atom is 0.215 e. The Hall–Kier alpha value is 0.708. The topological polar surface area (TPSA) is 30.9 Å². The fourth-order valence-electron chi connectivity index (χ4n) is 1.54. The summed E-state index contributed by atoms with van der Waals surface area (Å²) in [6, 6.07) is 1.19. The molecule has 0 saturated carbocycles. The maximum atomic E-state index is 6.31. The fraction of sp³-hybridized carbons (Fsp3) is 1.00. The normalized spacial score (nSPS) is 15.9. The van der Waals surface area contributed by atoms with Gasteiger partial charge in [0.25, 0.3) is 0 Å². The van der Waals surface area contributed by atoms with Gasteiger partial charge >= 0.3 is 0 Å². The molecule has 8 heteroatoms. The van der Waals surface area contributed by atoms with E-state index in [9.17, 15) is 0 Å². The van der Waals surface area contributed by atoms with E-state index in [1.165, 1.54) is 16.3 Å². The molecular weight excluding hydrogens is 318 g/mol. The second-order valence-corrected chi connectivity index (χ2v) is 22.4. The van der Waals surface area contributed by atoms with Crippen molar-refractivity contribution in [3.05, 3.63) is 0 Å². The first-order valence-corrected chi connectivity index (χ1v) is 19.2. The summed E-state index contributed by atoms with van der Waals surface area (Å²) in [6.07, 6.45) is 0.934. The highest BCUT2D eigenvalue weighted by atomic mass is 28.4. The molecule has 0 aromatic heterocycles. The molecule has 0 bridgehead atoms. The number of hydrogen-bond donors (Lipinski definition) is 0. The molecule has 0 saturated heterocycles. The van der Waals surface area contributed by atoms with Crippen LogP contribution in [0.1, 0.15) is 6.42 Å². The summed E-state index contributed by atoms with van der Waals surface area (Å²) in [5.74, 6) is 0. The molecule has 0 fully saturated rings. The van der Waals surface area contributed by atoms with Crippen molar-refractivity contribution < 1.29 is 13.5 Å². The maximum absolute atomic E-state index is 6.31. The second-order valence-electron chi connectivity index (χ2n) is 8.17. The molecule has 1 atom stereocenters. The van der Waals surface area contributed by atoms with E-state index in [0.29, 0.717) is 0 Å². The lowest BCUT2D eigenvalue weighted by Crippen LogP contribution is -2.51. The summed E-state index contributed by atoms with van der Waals surface area (Å²) in [6.45, 7) is 19.7. The van der Waals surface area contributed by atoms with E-state index in [0.717, 1.165) is 6.42 Å². The Morgan fingerprint density at radius 3 is 1.45 bits per heavy atom.